The maximum atomic E-state index is 11.5. The second-order valence-corrected chi connectivity index (χ2v) is 3.39. The van der Waals surface area contributed by atoms with Gasteiger partial charge in [0.15, 0.2) is 5.60 Å². The van der Waals surface area contributed by atoms with Crippen molar-refractivity contribution < 1.29 is 9.53 Å². The van der Waals surface area contributed by atoms with E-state index in [4.69, 9.17) is 22.1 Å². The largest absolute Gasteiger partial charge is 0.367 e. The average Bonchev–Trinajstić information content (AvgIpc) is 2.26. The Morgan fingerprint density at radius 3 is 2.24 bits per heavy atom. The molecule has 1 amide bonds. The zero-order chi connectivity index (χ0) is 11.3. The highest BCUT2D eigenvalue weighted by molar-refractivity contribution is 8.93. The number of benzene rings is 1. The van der Waals surface area contributed by atoms with E-state index < -0.39 is 11.5 Å². The number of rotatable bonds is 5. The molecule has 98 valence electrons. The fourth-order valence-corrected chi connectivity index (χ4v) is 1.80. The van der Waals surface area contributed by atoms with Gasteiger partial charge in [0.05, 0.1) is 5.88 Å². The molecule has 3 nitrogen and oxygen atoms in total. The number of amides is 1. The van der Waals surface area contributed by atoms with E-state index in [0.717, 1.165) is 0 Å². The second-order valence-electron chi connectivity index (χ2n) is 3.12. The Bertz CT molecular complexity index is 338. The predicted octanol–water partition coefficient (Wildman–Crippen LogP) is 2.80. The third-order valence-corrected chi connectivity index (χ3v) is 2.59. The summed E-state index contributed by atoms with van der Waals surface area (Å²) in [4.78, 5) is 11.5. The van der Waals surface area contributed by atoms with Crippen LogP contribution in [0.2, 0.25) is 0 Å². The lowest BCUT2D eigenvalue weighted by Crippen LogP contribution is -2.45. The Morgan fingerprint density at radius 1 is 1.35 bits per heavy atom. The normalized spacial score (nSPS) is 12.8. The van der Waals surface area contributed by atoms with Gasteiger partial charge in [-0.3, -0.25) is 4.79 Å². The average molecular weight is 390 g/mol. The molecular weight excluding hydrogens is 373 g/mol. The molecule has 6 heteroatoms. The number of hydrogen-bond donors (Lipinski definition) is 1. The van der Waals surface area contributed by atoms with Crippen molar-refractivity contribution in [3.8, 4) is 0 Å². The van der Waals surface area contributed by atoms with Gasteiger partial charge in [0.25, 0.3) is 5.91 Å². The van der Waals surface area contributed by atoms with Gasteiger partial charge in [-0.2, -0.15) is 0 Å². The number of nitrogens with two attached hydrogens (primary N) is 1. The summed E-state index contributed by atoms with van der Waals surface area (Å²) in [7, 11) is 0. The molecule has 0 aliphatic rings. The molecule has 1 aromatic carbocycles. The van der Waals surface area contributed by atoms with Crippen molar-refractivity contribution >= 4 is 51.5 Å². The molecule has 2 N–H and O–H groups in total. The van der Waals surface area contributed by atoms with Gasteiger partial charge in [0.2, 0.25) is 0 Å². The van der Waals surface area contributed by atoms with E-state index in [-0.39, 0.29) is 39.8 Å². The highest BCUT2D eigenvalue weighted by Gasteiger charge is 2.38. The number of alkyl halides is 1. The molecule has 0 radical (unpaired) electrons. The van der Waals surface area contributed by atoms with Crippen molar-refractivity contribution in [2.45, 2.75) is 12.5 Å². The first-order valence-electron chi connectivity index (χ1n) is 4.72. The molecular formula is C11H16Br2ClNO2. The molecule has 0 bridgehead atoms. The topological polar surface area (TPSA) is 52.3 Å². The molecule has 1 atom stereocenters. The molecule has 0 aromatic heterocycles. The quantitative estimate of drug-likeness (QED) is 0.788. The van der Waals surface area contributed by atoms with Crippen molar-refractivity contribution in [1.82, 2.24) is 0 Å². The van der Waals surface area contributed by atoms with E-state index >= 15 is 0 Å². The van der Waals surface area contributed by atoms with Gasteiger partial charge in [0, 0.05) is 6.61 Å². The first-order chi connectivity index (χ1) is 7.17. The molecule has 17 heavy (non-hydrogen) atoms. The van der Waals surface area contributed by atoms with Crippen LogP contribution in [0.5, 0.6) is 0 Å². The lowest BCUT2D eigenvalue weighted by atomic mass is 9.95. The highest BCUT2D eigenvalue weighted by atomic mass is 79.9. The Labute approximate surface area is 127 Å². The van der Waals surface area contributed by atoms with Crippen molar-refractivity contribution in [3.05, 3.63) is 35.9 Å². The lowest BCUT2D eigenvalue weighted by molar-refractivity contribution is -0.141. The van der Waals surface area contributed by atoms with Crippen LogP contribution in [-0.4, -0.2) is 18.4 Å². The van der Waals surface area contributed by atoms with Crippen molar-refractivity contribution in [1.29, 1.82) is 0 Å². The molecule has 1 rings (SSSR count). The minimum Gasteiger partial charge on any atom is -0.367 e. The second kappa shape index (κ2) is 8.91. The fourth-order valence-electron chi connectivity index (χ4n) is 1.43. The predicted molar refractivity (Wildman–Crippen MR) is 80.3 cm³/mol. The summed E-state index contributed by atoms with van der Waals surface area (Å²) in [5.41, 5.74) is 4.83. The van der Waals surface area contributed by atoms with Gasteiger partial charge < -0.3 is 10.5 Å². The molecule has 0 saturated heterocycles. The molecule has 0 fully saturated rings. The summed E-state index contributed by atoms with van der Waals surface area (Å²) in [6, 6.07) is 9.05. The zero-order valence-corrected chi connectivity index (χ0v) is 13.6. The van der Waals surface area contributed by atoms with Crippen molar-refractivity contribution in [2.75, 3.05) is 12.5 Å². The van der Waals surface area contributed by atoms with Crippen LogP contribution in [0.1, 0.15) is 12.5 Å². The summed E-state index contributed by atoms with van der Waals surface area (Å²) in [5, 5.41) is 0. The number of carbonyl (C=O) groups excluding carboxylic acids is 1. The SMILES string of the molecule is Br.Br.CCOC(CCl)(C(N)=O)c1ccccc1. The summed E-state index contributed by atoms with van der Waals surface area (Å²) in [6.45, 7) is 2.18. The van der Waals surface area contributed by atoms with Crippen LogP contribution in [0.3, 0.4) is 0 Å². The number of ether oxygens (including phenoxy) is 1. The first-order valence-corrected chi connectivity index (χ1v) is 5.26. The molecule has 0 aliphatic heterocycles. The number of primary amides is 1. The van der Waals surface area contributed by atoms with Crippen molar-refractivity contribution in [2.24, 2.45) is 5.73 Å². The van der Waals surface area contributed by atoms with Gasteiger partial charge >= 0.3 is 0 Å². The maximum Gasteiger partial charge on any atom is 0.255 e. The van der Waals surface area contributed by atoms with Crippen LogP contribution >= 0.6 is 45.6 Å². The Morgan fingerprint density at radius 2 is 1.88 bits per heavy atom. The molecule has 0 heterocycles. The lowest BCUT2D eigenvalue weighted by Gasteiger charge is -2.28. The molecule has 0 spiro atoms. The van der Waals surface area contributed by atoms with Crippen LogP contribution < -0.4 is 5.73 Å². The van der Waals surface area contributed by atoms with Gasteiger partial charge in [-0.05, 0) is 12.5 Å². The van der Waals surface area contributed by atoms with Gasteiger partial charge in [-0.25, -0.2) is 0 Å². The fraction of sp³-hybridized carbons (Fsp3) is 0.364. The maximum absolute atomic E-state index is 11.5. The summed E-state index contributed by atoms with van der Waals surface area (Å²) < 4.78 is 5.42. The molecule has 1 unspecified atom stereocenters. The molecule has 1 aromatic rings. The monoisotopic (exact) mass is 387 g/mol. The van der Waals surface area contributed by atoms with Gasteiger partial charge in [-0.1, -0.05) is 30.3 Å². The third kappa shape index (κ3) is 4.25. The van der Waals surface area contributed by atoms with E-state index in [1.54, 1.807) is 19.1 Å². The van der Waals surface area contributed by atoms with Crippen LogP contribution in [0.25, 0.3) is 0 Å². The number of hydrogen-bond acceptors (Lipinski definition) is 2. The zero-order valence-electron chi connectivity index (χ0n) is 9.39. The molecule has 0 saturated carbocycles. The molecule has 0 aliphatic carbocycles. The third-order valence-electron chi connectivity index (χ3n) is 2.22. The standard InChI is InChI=1S/C11H14ClNO2.2BrH/c1-2-15-11(8-12,10(13)14)9-6-4-3-5-7-9;;/h3-7H,2,8H2,1H3,(H2,13,14);2*1H. The Kier molecular flexibility index (Phi) is 10.1. The minimum absolute atomic E-state index is 0. The number of carbonyl (C=O) groups is 1. The van der Waals surface area contributed by atoms with E-state index in [2.05, 4.69) is 0 Å². The summed E-state index contributed by atoms with van der Waals surface area (Å²) in [5.74, 6) is -0.550. The van der Waals surface area contributed by atoms with Crippen molar-refractivity contribution in [3.63, 3.8) is 0 Å². The van der Waals surface area contributed by atoms with E-state index in [1.807, 2.05) is 18.2 Å². The number of halogens is 3. The van der Waals surface area contributed by atoms with E-state index in [1.165, 1.54) is 0 Å². The van der Waals surface area contributed by atoms with Gasteiger partial charge in [-0.15, -0.1) is 45.6 Å². The Balaban J connectivity index is 0. The van der Waals surface area contributed by atoms with E-state index in [0.29, 0.717) is 12.2 Å². The minimum atomic E-state index is -1.21. The summed E-state index contributed by atoms with van der Waals surface area (Å²) >= 11 is 5.81. The van der Waals surface area contributed by atoms with Crippen LogP contribution in [0, 0.1) is 0 Å². The Hall–Kier alpha value is -0.1000. The van der Waals surface area contributed by atoms with Crippen LogP contribution in [-0.2, 0) is 15.1 Å². The first kappa shape index (κ1) is 19.2. The van der Waals surface area contributed by atoms with Gasteiger partial charge in [0.1, 0.15) is 0 Å². The van der Waals surface area contributed by atoms with Crippen LogP contribution in [0.15, 0.2) is 30.3 Å². The summed E-state index contributed by atoms with van der Waals surface area (Å²) in [6.07, 6.45) is 0. The van der Waals surface area contributed by atoms with E-state index in [9.17, 15) is 4.79 Å². The van der Waals surface area contributed by atoms with Crippen LogP contribution in [0.4, 0.5) is 0 Å². The highest BCUT2D eigenvalue weighted by Crippen LogP contribution is 2.26. The smallest absolute Gasteiger partial charge is 0.255 e.